The molecule has 0 fully saturated rings. The molecule has 0 bridgehead atoms. The van der Waals surface area contributed by atoms with E-state index in [9.17, 15) is 4.79 Å². The van der Waals surface area contributed by atoms with Crippen molar-refractivity contribution in [3.05, 3.63) is 5.57 Å². The summed E-state index contributed by atoms with van der Waals surface area (Å²) in [5, 5.41) is 14.2. The Morgan fingerprint density at radius 3 is 2.25 bits per heavy atom. The van der Waals surface area contributed by atoms with Crippen LogP contribution in [0, 0.1) is 16.7 Å². The minimum atomic E-state index is -0.914. The number of amides is 1. The van der Waals surface area contributed by atoms with E-state index in [2.05, 4.69) is 5.73 Å². The molecule has 0 aliphatic heterocycles. The van der Waals surface area contributed by atoms with E-state index in [0.717, 1.165) is 0 Å². The predicted octanol–water partition coefficient (Wildman–Crippen LogP) is -0.830. The molecular weight excluding hydrogens is 106 g/mol. The lowest BCUT2D eigenvalue weighted by molar-refractivity contribution is -0.114. The van der Waals surface area contributed by atoms with E-state index in [1.54, 1.807) is 5.87 Å². The first-order valence-corrected chi connectivity index (χ1v) is 1.72. The molecule has 0 heterocycles. The molecule has 0 aromatic rings. The van der Waals surface area contributed by atoms with Crippen LogP contribution in [0.3, 0.4) is 0 Å². The van der Waals surface area contributed by atoms with Crippen LogP contribution in [0.1, 0.15) is 0 Å². The van der Waals surface area contributed by atoms with Gasteiger partial charge in [-0.15, -0.1) is 0 Å². The smallest absolute Gasteiger partial charge is 0.268 e. The van der Waals surface area contributed by atoms with Gasteiger partial charge in [-0.2, -0.15) is 5.26 Å². The highest BCUT2D eigenvalue weighted by Crippen LogP contribution is 1.77. The average molecular weight is 109 g/mol. The number of nitriles is 1. The van der Waals surface area contributed by atoms with Gasteiger partial charge in [0.2, 0.25) is 0 Å². The number of primary amides is 1. The van der Waals surface area contributed by atoms with E-state index >= 15 is 0 Å². The summed E-state index contributed by atoms with van der Waals surface area (Å²) < 4.78 is 0. The average Bonchev–Trinajstić information content (AvgIpc) is 1.69. The molecule has 0 saturated carbocycles. The van der Waals surface area contributed by atoms with Crippen LogP contribution in [0.25, 0.3) is 0 Å². The minimum absolute atomic E-state index is 0.454. The number of carbonyl (C=O) groups excluding carboxylic acids is 1. The van der Waals surface area contributed by atoms with E-state index in [4.69, 9.17) is 10.7 Å². The molecular formula is C4H3N3O. The predicted molar refractivity (Wildman–Crippen MR) is 26.0 cm³/mol. The standard InChI is InChI=1S/C4H3N3O/c5-1-3(2-6)4(7)8/h5H,(H2,7,8). The van der Waals surface area contributed by atoms with Crippen LogP contribution < -0.4 is 5.73 Å². The van der Waals surface area contributed by atoms with Crippen molar-refractivity contribution in [2.24, 2.45) is 5.73 Å². The van der Waals surface area contributed by atoms with Crippen molar-refractivity contribution >= 4 is 11.8 Å². The number of nitrogens with two attached hydrogens (primary N) is 1. The summed E-state index contributed by atoms with van der Waals surface area (Å²) >= 11 is 0. The number of hydrogen-bond acceptors (Lipinski definition) is 3. The second kappa shape index (κ2) is 2.56. The van der Waals surface area contributed by atoms with Crippen molar-refractivity contribution in [3.63, 3.8) is 0 Å². The summed E-state index contributed by atoms with van der Waals surface area (Å²) in [6, 6.07) is 1.39. The van der Waals surface area contributed by atoms with E-state index in [1.807, 2.05) is 0 Å². The Kier molecular flexibility index (Phi) is 2.05. The first-order chi connectivity index (χ1) is 3.72. The Hall–Kier alpha value is -1.59. The normalized spacial score (nSPS) is 6.38. The van der Waals surface area contributed by atoms with E-state index < -0.39 is 11.5 Å². The number of nitrogens with zero attached hydrogens (tertiary/aromatic N) is 1. The van der Waals surface area contributed by atoms with Crippen molar-refractivity contribution in [3.8, 4) is 6.07 Å². The van der Waals surface area contributed by atoms with Gasteiger partial charge in [0, 0.05) is 5.87 Å². The Bertz CT molecular complexity index is 194. The lowest BCUT2D eigenvalue weighted by atomic mass is 10.3. The highest BCUT2D eigenvalue weighted by molar-refractivity contribution is 6.03. The Morgan fingerprint density at radius 1 is 1.75 bits per heavy atom. The molecule has 0 rings (SSSR count). The maximum Gasteiger partial charge on any atom is 0.268 e. The number of nitrogens with one attached hydrogen (secondary N) is 1. The van der Waals surface area contributed by atoms with Crippen LogP contribution in [0.4, 0.5) is 0 Å². The molecule has 0 aromatic carbocycles. The summed E-state index contributed by atoms with van der Waals surface area (Å²) in [6.07, 6.45) is 0. The molecule has 0 atom stereocenters. The summed E-state index contributed by atoms with van der Waals surface area (Å²) in [5.41, 5.74) is 4.12. The molecule has 40 valence electrons. The molecule has 0 saturated heterocycles. The zero-order valence-electron chi connectivity index (χ0n) is 3.93. The SMILES string of the molecule is N#CC(=C=N)C(N)=O. The first-order valence-electron chi connectivity index (χ1n) is 1.72. The molecule has 8 heavy (non-hydrogen) atoms. The lowest BCUT2D eigenvalue weighted by Gasteiger charge is -1.77. The van der Waals surface area contributed by atoms with Gasteiger partial charge in [-0.25, -0.2) is 0 Å². The van der Waals surface area contributed by atoms with E-state index in [0.29, 0.717) is 0 Å². The largest absolute Gasteiger partial charge is 0.364 e. The molecule has 1 amide bonds. The van der Waals surface area contributed by atoms with Crippen molar-refractivity contribution < 1.29 is 4.79 Å². The van der Waals surface area contributed by atoms with Crippen LogP contribution in [-0.4, -0.2) is 11.8 Å². The summed E-state index contributed by atoms with van der Waals surface area (Å²) in [5.74, 6) is 0.668. The quantitative estimate of drug-likeness (QED) is 0.261. The molecule has 0 aliphatic carbocycles. The van der Waals surface area contributed by atoms with E-state index in [-0.39, 0.29) is 0 Å². The van der Waals surface area contributed by atoms with Gasteiger partial charge in [-0.05, 0) is 0 Å². The highest BCUT2D eigenvalue weighted by Gasteiger charge is 1.99. The van der Waals surface area contributed by atoms with Crippen molar-refractivity contribution in [1.29, 1.82) is 10.7 Å². The maximum atomic E-state index is 9.94. The number of rotatable bonds is 1. The van der Waals surface area contributed by atoms with Crippen molar-refractivity contribution in [2.45, 2.75) is 0 Å². The molecule has 0 aliphatic rings. The fourth-order valence-corrected chi connectivity index (χ4v) is 0.145. The Morgan fingerprint density at radius 2 is 2.25 bits per heavy atom. The maximum absolute atomic E-state index is 9.94. The minimum Gasteiger partial charge on any atom is -0.364 e. The number of hydrogen-bond donors (Lipinski definition) is 2. The van der Waals surface area contributed by atoms with Gasteiger partial charge in [0.15, 0.2) is 5.57 Å². The van der Waals surface area contributed by atoms with Gasteiger partial charge in [0.1, 0.15) is 6.07 Å². The molecule has 3 N–H and O–H groups in total. The van der Waals surface area contributed by atoms with Crippen LogP contribution in [0.15, 0.2) is 5.57 Å². The molecule has 4 nitrogen and oxygen atoms in total. The topological polar surface area (TPSA) is 90.7 Å². The third-order valence-corrected chi connectivity index (χ3v) is 0.483. The van der Waals surface area contributed by atoms with Gasteiger partial charge in [0.05, 0.1) is 0 Å². The van der Waals surface area contributed by atoms with Crippen LogP contribution >= 0.6 is 0 Å². The lowest BCUT2D eigenvalue weighted by Crippen LogP contribution is -2.12. The van der Waals surface area contributed by atoms with Crippen LogP contribution in [-0.2, 0) is 4.79 Å². The molecule has 0 unspecified atom stereocenters. The molecule has 0 radical (unpaired) electrons. The third-order valence-electron chi connectivity index (χ3n) is 0.483. The van der Waals surface area contributed by atoms with Gasteiger partial charge in [-0.1, -0.05) is 0 Å². The zero-order valence-corrected chi connectivity index (χ0v) is 3.93. The van der Waals surface area contributed by atoms with Gasteiger partial charge in [-0.3, -0.25) is 10.2 Å². The van der Waals surface area contributed by atoms with Crippen molar-refractivity contribution in [1.82, 2.24) is 0 Å². The third kappa shape index (κ3) is 1.25. The second-order valence-corrected chi connectivity index (χ2v) is 0.976. The Balaban J connectivity index is 4.46. The van der Waals surface area contributed by atoms with Crippen LogP contribution in [0.5, 0.6) is 0 Å². The molecule has 4 heteroatoms. The molecule has 0 spiro atoms. The van der Waals surface area contributed by atoms with Gasteiger partial charge >= 0.3 is 0 Å². The zero-order chi connectivity index (χ0) is 6.57. The molecule has 0 aromatic heterocycles. The van der Waals surface area contributed by atoms with Gasteiger partial charge in [0.25, 0.3) is 5.91 Å². The van der Waals surface area contributed by atoms with Crippen LogP contribution in [0.2, 0.25) is 0 Å². The summed E-state index contributed by atoms with van der Waals surface area (Å²) in [4.78, 5) is 9.94. The highest BCUT2D eigenvalue weighted by atomic mass is 16.1. The second-order valence-electron chi connectivity index (χ2n) is 0.976. The fourth-order valence-electron chi connectivity index (χ4n) is 0.145. The van der Waals surface area contributed by atoms with E-state index in [1.165, 1.54) is 6.07 Å². The van der Waals surface area contributed by atoms with Gasteiger partial charge < -0.3 is 5.73 Å². The Labute approximate surface area is 45.7 Å². The summed E-state index contributed by atoms with van der Waals surface area (Å²) in [6.45, 7) is 0. The summed E-state index contributed by atoms with van der Waals surface area (Å²) in [7, 11) is 0. The fraction of sp³-hybridized carbons (Fsp3) is 0. The monoisotopic (exact) mass is 109 g/mol. The first kappa shape index (κ1) is 6.41. The number of carbonyl (C=O) groups is 1. The van der Waals surface area contributed by atoms with Crippen molar-refractivity contribution in [2.75, 3.05) is 0 Å².